The van der Waals surface area contributed by atoms with Gasteiger partial charge in [0.2, 0.25) is 0 Å². The average molecular weight is 254 g/mol. The lowest BCUT2D eigenvalue weighted by atomic mass is 10.1. The van der Waals surface area contributed by atoms with Crippen LogP contribution in [0, 0.1) is 6.92 Å². The van der Waals surface area contributed by atoms with Crippen LogP contribution in [0.5, 0.6) is 0 Å². The van der Waals surface area contributed by atoms with Crippen molar-refractivity contribution >= 4 is 5.82 Å². The Morgan fingerprint density at radius 3 is 2.32 bits per heavy atom. The molecule has 0 saturated carbocycles. The van der Waals surface area contributed by atoms with Gasteiger partial charge in [-0.25, -0.2) is 0 Å². The highest BCUT2D eigenvalue weighted by Crippen LogP contribution is 2.25. The molecule has 0 atom stereocenters. The zero-order chi connectivity index (χ0) is 13.4. The minimum absolute atomic E-state index is 0.654. The molecule has 0 bridgehead atoms. The zero-order valence-corrected chi connectivity index (χ0v) is 10.8. The largest absolute Gasteiger partial charge is 0.383 e. The Morgan fingerprint density at radius 1 is 1.05 bits per heavy atom. The van der Waals surface area contributed by atoms with Gasteiger partial charge >= 0.3 is 0 Å². The monoisotopic (exact) mass is 254 g/mol. The smallest absolute Gasteiger partial charge is 0.129 e. The average Bonchev–Trinajstić information content (AvgIpc) is 2.98. The number of hydrogen-bond acceptors (Lipinski definition) is 4. The van der Waals surface area contributed by atoms with Crippen molar-refractivity contribution in [2.45, 2.75) is 6.92 Å². The van der Waals surface area contributed by atoms with Gasteiger partial charge in [0.05, 0.1) is 23.8 Å². The lowest BCUT2D eigenvalue weighted by molar-refractivity contribution is 0.746. The molecule has 0 saturated heterocycles. The Bertz CT molecular complexity index is 707. The van der Waals surface area contributed by atoms with E-state index in [0.717, 1.165) is 22.5 Å². The summed E-state index contributed by atoms with van der Waals surface area (Å²) in [7, 11) is 1.82. The number of nitrogens with zero attached hydrogens (tertiary/aromatic N) is 5. The highest BCUT2D eigenvalue weighted by molar-refractivity contribution is 5.73. The van der Waals surface area contributed by atoms with Crippen LogP contribution in [0.2, 0.25) is 0 Å². The molecule has 0 fully saturated rings. The first kappa shape index (κ1) is 11.5. The van der Waals surface area contributed by atoms with E-state index >= 15 is 0 Å². The summed E-state index contributed by atoms with van der Waals surface area (Å²) in [5.74, 6) is 0.654. The number of aromatic nitrogens is 5. The minimum Gasteiger partial charge on any atom is -0.383 e. The molecule has 3 rings (SSSR count). The number of nitrogen functional groups attached to an aromatic ring is 1. The van der Waals surface area contributed by atoms with Crippen LogP contribution in [0.3, 0.4) is 0 Å². The van der Waals surface area contributed by atoms with Gasteiger partial charge < -0.3 is 5.73 Å². The van der Waals surface area contributed by atoms with Crippen LogP contribution in [0.25, 0.3) is 16.8 Å². The van der Waals surface area contributed by atoms with Gasteiger partial charge in [-0.1, -0.05) is 12.1 Å². The molecule has 0 amide bonds. The lowest BCUT2D eigenvalue weighted by Gasteiger charge is -2.03. The zero-order valence-electron chi connectivity index (χ0n) is 10.8. The molecule has 1 aromatic carbocycles. The topological polar surface area (TPSA) is 74.5 Å². The molecule has 0 aliphatic rings. The molecule has 3 aromatic rings. The molecule has 0 aliphatic carbocycles. The van der Waals surface area contributed by atoms with Crippen LogP contribution in [0.4, 0.5) is 5.82 Å². The first-order valence-electron chi connectivity index (χ1n) is 5.92. The molecule has 2 N–H and O–H groups in total. The number of aryl methyl sites for hydroxylation is 2. The molecule has 2 aromatic heterocycles. The quantitative estimate of drug-likeness (QED) is 0.753. The Balaban J connectivity index is 1.97. The fraction of sp³-hybridized carbons (Fsp3) is 0.154. The maximum atomic E-state index is 5.96. The van der Waals surface area contributed by atoms with Crippen molar-refractivity contribution in [3.8, 4) is 16.8 Å². The summed E-state index contributed by atoms with van der Waals surface area (Å²) in [6.45, 7) is 1.91. The molecule has 6 nitrogen and oxygen atoms in total. The second kappa shape index (κ2) is 4.24. The third-order valence-electron chi connectivity index (χ3n) is 3.00. The summed E-state index contributed by atoms with van der Waals surface area (Å²) in [5.41, 5.74) is 9.72. The molecular formula is C13H14N6. The van der Waals surface area contributed by atoms with E-state index in [1.54, 1.807) is 21.9 Å². The van der Waals surface area contributed by atoms with Gasteiger partial charge in [0.1, 0.15) is 5.82 Å². The van der Waals surface area contributed by atoms with Crippen molar-refractivity contribution in [3.63, 3.8) is 0 Å². The number of rotatable bonds is 2. The Labute approximate surface area is 110 Å². The summed E-state index contributed by atoms with van der Waals surface area (Å²) in [5, 5.41) is 12.6. The van der Waals surface area contributed by atoms with E-state index in [0.29, 0.717) is 5.82 Å². The molecule has 6 heteroatoms. The molecular weight excluding hydrogens is 240 g/mol. The second-order valence-electron chi connectivity index (χ2n) is 4.39. The fourth-order valence-electron chi connectivity index (χ4n) is 1.91. The van der Waals surface area contributed by atoms with Gasteiger partial charge in [-0.05, 0) is 24.6 Å². The van der Waals surface area contributed by atoms with Crippen LogP contribution in [0.15, 0.2) is 36.7 Å². The predicted molar refractivity (Wildman–Crippen MR) is 72.7 cm³/mol. The summed E-state index contributed by atoms with van der Waals surface area (Å²) in [6.07, 6.45) is 3.49. The van der Waals surface area contributed by atoms with Crippen molar-refractivity contribution in [2.75, 3.05) is 5.73 Å². The maximum absolute atomic E-state index is 5.96. The van der Waals surface area contributed by atoms with Crippen molar-refractivity contribution in [3.05, 3.63) is 42.4 Å². The van der Waals surface area contributed by atoms with Crippen molar-refractivity contribution in [1.82, 2.24) is 24.8 Å². The number of nitrogens with two attached hydrogens (primary N) is 1. The van der Waals surface area contributed by atoms with Gasteiger partial charge in [0.25, 0.3) is 0 Å². The first-order chi connectivity index (χ1) is 9.15. The normalized spacial score (nSPS) is 10.8. The predicted octanol–water partition coefficient (Wildman–Crippen LogP) is 1.56. The van der Waals surface area contributed by atoms with E-state index in [2.05, 4.69) is 15.3 Å². The van der Waals surface area contributed by atoms with Crippen LogP contribution in [0.1, 0.15) is 5.69 Å². The SMILES string of the molecule is Cc1cnn(-c2ccc(-c3cnn(C)c3N)cc2)n1. The standard InChI is InChI=1S/C13H14N6/c1-9-7-16-19(17-9)11-5-3-10(4-6-11)12-8-15-18(2)13(12)14/h3-8H,14H2,1-2H3. The molecule has 96 valence electrons. The summed E-state index contributed by atoms with van der Waals surface area (Å²) < 4.78 is 1.65. The van der Waals surface area contributed by atoms with Gasteiger partial charge in [-0.2, -0.15) is 20.1 Å². The van der Waals surface area contributed by atoms with Gasteiger partial charge in [-0.3, -0.25) is 4.68 Å². The van der Waals surface area contributed by atoms with Crippen LogP contribution in [-0.2, 0) is 7.05 Å². The number of anilines is 1. The Morgan fingerprint density at radius 2 is 1.79 bits per heavy atom. The van der Waals surface area contributed by atoms with Crippen LogP contribution in [-0.4, -0.2) is 24.8 Å². The maximum Gasteiger partial charge on any atom is 0.129 e. The first-order valence-corrected chi connectivity index (χ1v) is 5.92. The molecule has 2 heterocycles. The lowest BCUT2D eigenvalue weighted by Crippen LogP contribution is -1.99. The number of hydrogen-bond donors (Lipinski definition) is 1. The second-order valence-corrected chi connectivity index (χ2v) is 4.39. The Kier molecular flexibility index (Phi) is 2.56. The molecule has 19 heavy (non-hydrogen) atoms. The molecule has 0 aliphatic heterocycles. The third kappa shape index (κ3) is 1.97. The Hall–Kier alpha value is -2.63. The summed E-state index contributed by atoms with van der Waals surface area (Å²) >= 11 is 0. The van der Waals surface area contributed by atoms with Gasteiger partial charge in [0.15, 0.2) is 0 Å². The van der Waals surface area contributed by atoms with Gasteiger partial charge in [0, 0.05) is 12.6 Å². The molecule has 0 spiro atoms. The van der Waals surface area contributed by atoms with Crippen LogP contribution < -0.4 is 5.73 Å². The fourth-order valence-corrected chi connectivity index (χ4v) is 1.91. The van der Waals surface area contributed by atoms with E-state index in [4.69, 9.17) is 5.73 Å². The van der Waals surface area contributed by atoms with Crippen molar-refractivity contribution in [2.24, 2.45) is 7.05 Å². The highest BCUT2D eigenvalue weighted by Gasteiger charge is 2.07. The van der Waals surface area contributed by atoms with Crippen LogP contribution >= 0.6 is 0 Å². The number of benzene rings is 1. The third-order valence-corrected chi connectivity index (χ3v) is 3.00. The highest BCUT2D eigenvalue weighted by atomic mass is 15.5. The van der Waals surface area contributed by atoms with E-state index in [-0.39, 0.29) is 0 Å². The minimum atomic E-state index is 0.654. The molecule has 0 radical (unpaired) electrons. The molecule has 0 unspecified atom stereocenters. The van der Waals surface area contributed by atoms with E-state index in [1.807, 2.05) is 38.2 Å². The summed E-state index contributed by atoms with van der Waals surface area (Å²) in [6, 6.07) is 7.89. The van der Waals surface area contributed by atoms with Crippen molar-refractivity contribution < 1.29 is 0 Å². The van der Waals surface area contributed by atoms with Crippen molar-refractivity contribution in [1.29, 1.82) is 0 Å². The van der Waals surface area contributed by atoms with E-state index in [9.17, 15) is 0 Å². The van der Waals surface area contributed by atoms with E-state index < -0.39 is 0 Å². The summed E-state index contributed by atoms with van der Waals surface area (Å²) in [4.78, 5) is 1.60. The van der Waals surface area contributed by atoms with E-state index in [1.165, 1.54) is 0 Å². The van der Waals surface area contributed by atoms with Gasteiger partial charge in [-0.15, -0.1) is 0 Å².